The largest absolute Gasteiger partial charge is 0.507 e. The van der Waals surface area contributed by atoms with Gasteiger partial charge in [0, 0.05) is 22.3 Å². The highest BCUT2D eigenvalue weighted by atomic mass is 16.7. The van der Waals surface area contributed by atoms with E-state index in [0.717, 1.165) is 6.42 Å². The third kappa shape index (κ3) is 4.56. The normalized spacial score (nSPS) is 12.1. The lowest BCUT2D eigenvalue weighted by molar-refractivity contribution is 0.112. The van der Waals surface area contributed by atoms with Crippen LogP contribution in [0.5, 0.6) is 17.2 Å². The van der Waals surface area contributed by atoms with E-state index in [9.17, 15) is 25.5 Å². The van der Waals surface area contributed by atoms with Crippen molar-refractivity contribution in [2.75, 3.05) is 6.79 Å². The van der Waals surface area contributed by atoms with Crippen LogP contribution in [0, 0.1) is 0 Å². The number of aromatic hydroxyl groups is 1. The van der Waals surface area contributed by atoms with Crippen LogP contribution in [0.1, 0.15) is 54.0 Å². The molecule has 0 bridgehead atoms. The molecule has 0 saturated carbocycles. The minimum Gasteiger partial charge on any atom is -0.507 e. The van der Waals surface area contributed by atoms with Gasteiger partial charge in [-0.05, 0) is 30.0 Å². The first-order chi connectivity index (χ1) is 13.5. The first-order valence-electron chi connectivity index (χ1n) is 9.19. The Morgan fingerprint density at radius 1 is 0.786 bits per heavy atom. The molecule has 5 N–H and O–H groups in total. The fourth-order valence-corrected chi connectivity index (χ4v) is 3.06. The maximum Gasteiger partial charge on any atom is 0.230 e. The number of aliphatic hydroxyl groups is 4. The second-order valence-corrected chi connectivity index (χ2v) is 6.51. The van der Waals surface area contributed by atoms with Crippen molar-refractivity contribution < 1.29 is 35.0 Å². The Bertz CT molecular complexity index is 738. The molecule has 1 unspecified atom stereocenters. The summed E-state index contributed by atoms with van der Waals surface area (Å²) in [5.74, 6) is 0.751. The summed E-state index contributed by atoms with van der Waals surface area (Å²) < 4.78 is 11.2. The summed E-state index contributed by atoms with van der Waals surface area (Å²) in [6.45, 7) is 1.88. The molecule has 0 aromatic heterocycles. The number of ether oxygens (including phenoxy) is 2. The van der Waals surface area contributed by atoms with Crippen molar-refractivity contribution in [3.8, 4) is 17.2 Å². The fraction of sp³-hybridized carbons (Fsp3) is 0.429. The third-order valence-corrected chi connectivity index (χ3v) is 4.97. The molecule has 2 aromatic rings. The average molecular weight is 392 g/mol. The van der Waals surface area contributed by atoms with Crippen LogP contribution in [0.3, 0.4) is 0 Å². The lowest BCUT2D eigenvalue weighted by Gasteiger charge is -2.21. The number of aliphatic hydroxyl groups excluding tert-OH is 4. The monoisotopic (exact) mass is 392 g/mol. The quantitative estimate of drug-likeness (QED) is 0.394. The van der Waals surface area contributed by atoms with Gasteiger partial charge in [-0.2, -0.15) is 0 Å². The molecular weight excluding hydrogens is 364 g/mol. The van der Waals surface area contributed by atoms with Gasteiger partial charge in [0.15, 0.2) is 0 Å². The summed E-state index contributed by atoms with van der Waals surface area (Å²) in [4.78, 5) is 0. The average Bonchev–Trinajstić information content (AvgIpc) is 2.73. The molecule has 2 aromatic carbocycles. The van der Waals surface area contributed by atoms with Crippen molar-refractivity contribution in [3.63, 3.8) is 0 Å². The van der Waals surface area contributed by atoms with E-state index in [1.807, 2.05) is 24.3 Å². The molecule has 2 rings (SSSR count). The zero-order valence-corrected chi connectivity index (χ0v) is 16.2. The minimum atomic E-state index is -0.561. The zero-order chi connectivity index (χ0) is 20.7. The van der Waals surface area contributed by atoms with Gasteiger partial charge in [0.2, 0.25) is 6.79 Å². The van der Waals surface area contributed by atoms with Gasteiger partial charge in [-0.1, -0.05) is 26.0 Å². The van der Waals surface area contributed by atoms with Crippen molar-refractivity contribution in [3.05, 3.63) is 52.1 Å². The smallest absolute Gasteiger partial charge is 0.230 e. The lowest BCUT2D eigenvalue weighted by Crippen LogP contribution is -2.13. The van der Waals surface area contributed by atoms with Gasteiger partial charge < -0.3 is 35.0 Å². The molecule has 7 nitrogen and oxygen atoms in total. The Kier molecular flexibility index (Phi) is 8.07. The molecule has 0 saturated heterocycles. The Morgan fingerprint density at radius 2 is 1.29 bits per heavy atom. The van der Waals surface area contributed by atoms with Gasteiger partial charge in [-0.25, -0.2) is 0 Å². The Balaban J connectivity index is 2.23. The molecule has 0 aliphatic rings. The van der Waals surface area contributed by atoms with Crippen LogP contribution in [-0.2, 0) is 26.4 Å². The third-order valence-electron chi connectivity index (χ3n) is 4.97. The molecular formula is C21H28O7. The van der Waals surface area contributed by atoms with E-state index in [0.29, 0.717) is 11.7 Å². The van der Waals surface area contributed by atoms with E-state index in [-0.39, 0.29) is 40.5 Å². The van der Waals surface area contributed by atoms with Crippen molar-refractivity contribution in [1.29, 1.82) is 0 Å². The standard InChI is InChI=1S/C21H28O7/c1-3-13(2)14-4-6-15(7-5-14)27-12-28-21-18(10-24)16(8-22)20(26)17(9-23)19(21)11-25/h4-7,13,22-26H,3,8-12H2,1-2H3. The summed E-state index contributed by atoms with van der Waals surface area (Å²) in [7, 11) is 0. The zero-order valence-electron chi connectivity index (χ0n) is 16.2. The Morgan fingerprint density at radius 3 is 1.71 bits per heavy atom. The van der Waals surface area contributed by atoms with Gasteiger partial charge in [-0.15, -0.1) is 0 Å². The van der Waals surface area contributed by atoms with Crippen molar-refractivity contribution in [2.24, 2.45) is 0 Å². The predicted molar refractivity (Wildman–Crippen MR) is 103 cm³/mol. The lowest BCUT2D eigenvalue weighted by atomic mass is 9.96. The van der Waals surface area contributed by atoms with E-state index in [1.165, 1.54) is 5.56 Å². The molecule has 154 valence electrons. The Hall–Kier alpha value is -2.32. The number of hydrogen-bond donors (Lipinski definition) is 5. The summed E-state index contributed by atoms with van der Waals surface area (Å²) in [5.41, 5.74) is 1.56. The summed E-state index contributed by atoms with van der Waals surface area (Å²) in [6, 6.07) is 7.63. The molecule has 0 radical (unpaired) electrons. The highest BCUT2D eigenvalue weighted by Gasteiger charge is 2.23. The predicted octanol–water partition coefficient (Wildman–Crippen LogP) is 2.29. The van der Waals surface area contributed by atoms with Crippen LogP contribution >= 0.6 is 0 Å². The second-order valence-electron chi connectivity index (χ2n) is 6.51. The number of benzene rings is 2. The van der Waals surface area contributed by atoms with Gasteiger partial charge in [0.1, 0.15) is 17.2 Å². The van der Waals surface area contributed by atoms with Crippen LogP contribution in [0.15, 0.2) is 24.3 Å². The number of hydrogen-bond acceptors (Lipinski definition) is 7. The van der Waals surface area contributed by atoms with E-state index < -0.39 is 26.4 Å². The van der Waals surface area contributed by atoms with Crippen LogP contribution < -0.4 is 9.47 Å². The number of rotatable bonds is 10. The second kappa shape index (κ2) is 10.3. The highest BCUT2D eigenvalue weighted by Crippen LogP contribution is 2.39. The summed E-state index contributed by atoms with van der Waals surface area (Å²) >= 11 is 0. The molecule has 7 heteroatoms. The molecule has 0 aliphatic heterocycles. The van der Waals surface area contributed by atoms with Crippen LogP contribution in [-0.4, -0.2) is 32.3 Å². The molecule has 28 heavy (non-hydrogen) atoms. The fourth-order valence-electron chi connectivity index (χ4n) is 3.06. The molecule has 0 spiro atoms. The molecule has 0 amide bonds. The van der Waals surface area contributed by atoms with E-state index in [4.69, 9.17) is 9.47 Å². The maximum atomic E-state index is 10.2. The van der Waals surface area contributed by atoms with Crippen molar-refractivity contribution >= 4 is 0 Å². The van der Waals surface area contributed by atoms with E-state index in [1.54, 1.807) is 0 Å². The SMILES string of the molecule is CCC(C)c1ccc(OCOc2c(CO)c(CO)c(O)c(CO)c2CO)cc1. The van der Waals surface area contributed by atoms with Crippen LogP contribution in [0.2, 0.25) is 0 Å². The summed E-state index contributed by atoms with van der Waals surface area (Å²) in [5, 5.41) is 48.6. The molecule has 0 fully saturated rings. The highest BCUT2D eigenvalue weighted by molar-refractivity contribution is 5.58. The molecule has 0 heterocycles. The topological polar surface area (TPSA) is 120 Å². The van der Waals surface area contributed by atoms with Crippen LogP contribution in [0.4, 0.5) is 0 Å². The first-order valence-corrected chi connectivity index (χ1v) is 9.19. The van der Waals surface area contributed by atoms with Gasteiger partial charge in [0.25, 0.3) is 0 Å². The van der Waals surface area contributed by atoms with Crippen molar-refractivity contribution in [1.82, 2.24) is 0 Å². The van der Waals surface area contributed by atoms with Crippen LogP contribution in [0.25, 0.3) is 0 Å². The number of phenols is 1. The summed E-state index contributed by atoms with van der Waals surface area (Å²) in [6.07, 6.45) is 1.04. The first kappa shape index (κ1) is 22.0. The van der Waals surface area contributed by atoms with Crippen molar-refractivity contribution in [2.45, 2.75) is 52.6 Å². The maximum absolute atomic E-state index is 10.2. The molecule has 0 aliphatic carbocycles. The van der Waals surface area contributed by atoms with E-state index >= 15 is 0 Å². The minimum absolute atomic E-state index is 0.0386. The van der Waals surface area contributed by atoms with Gasteiger partial charge >= 0.3 is 0 Å². The van der Waals surface area contributed by atoms with E-state index in [2.05, 4.69) is 13.8 Å². The Labute approximate surface area is 164 Å². The molecule has 1 atom stereocenters. The van der Waals surface area contributed by atoms with Gasteiger partial charge in [-0.3, -0.25) is 0 Å². The van der Waals surface area contributed by atoms with Gasteiger partial charge in [0.05, 0.1) is 26.4 Å².